The Bertz CT molecular complexity index is 1300. The molecule has 2 N–H and O–H groups in total. The van der Waals surface area contributed by atoms with Crippen molar-refractivity contribution in [2.45, 2.75) is 44.8 Å². The van der Waals surface area contributed by atoms with Crippen LogP contribution in [0.1, 0.15) is 36.9 Å². The van der Waals surface area contributed by atoms with Crippen LogP contribution in [0.15, 0.2) is 24.3 Å². The number of urea groups is 1. The Hall–Kier alpha value is -3.74. The van der Waals surface area contributed by atoms with E-state index in [4.69, 9.17) is 4.74 Å². The third-order valence-corrected chi connectivity index (χ3v) is 6.17. The van der Waals surface area contributed by atoms with Gasteiger partial charge in [-0.25, -0.2) is 14.1 Å². The number of carbonyl (C=O) groups excluding carboxylic acids is 2. The summed E-state index contributed by atoms with van der Waals surface area (Å²) in [4.78, 5) is 30.1. The van der Waals surface area contributed by atoms with Gasteiger partial charge in [0.2, 0.25) is 12.3 Å². The largest absolute Gasteiger partial charge is 0.476 e. The predicted molar refractivity (Wildman–Crippen MR) is 128 cm³/mol. The minimum atomic E-state index is -4.96. The quantitative estimate of drug-likeness (QED) is 0.349. The highest BCUT2D eigenvalue weighted by molar-refractivity contribution is 6.13. The summed E-state index contributed by atoms with van der Waals surface area (Å²) in [6.07, 6.45) is -0.859. The van der Waals surface area contributed by atoms with Crippen molar-refractivity contribution in [1.29, 1.82) is 0 Å². The number of nitrogens with one attached hydrogen (secondary N) is 2. The second-order valence-corrected chi connectivity index (χ2v) is 8.77. The predicted octanol–water partition coefficient (Wildman–Crippen LogP) is 4.54. The Balaban J connectivity index is 1.63. The van der Waals surface area contributed by atoms with Gasteiger partial charge in [-0.3, -0.25) is 9.48 Å². The molecular formula is C24H26F4N6O3. The van der Waals surface area contributed by atoms with Crippen LogP contribution in [0.5, 0.6) is 5.88 Å². The normalized spacial score (nSPS) is 16.0. The first kappa shape index (κ1) is 26.3. The summed E-state index contributed by atoms with van der Waals surface area (Å²) >= 11 is 0. The van der Waals surface area contributed by atoms with E-state index in [1.807, 2.05) is 0 Å². The van der Waals surface area contributed by atoms with Gasteiger partial charge in [-0.15, -0.1) is 0 Å². The molecule has 0 aliphatic carbocycles. The van der Waals surface area contributed by atoms with Crippen molar-refractivity contribution in [2.24, 2.45) is 7.05 Å². The Morgan fingerprint density at radius 3 is 2.78 bits per heavy atom. The van der Waals surface area contributed by atoms with Crippen molar-refractivity contribution < 1.29 is 31.9 Å². The average molecular weight is 523 g/mol. The van der Waals surface area contributed by atoms with Crippen molar-refractivity contribution in [3.8, 4) is 5.88 Å². The van der Waals surface area contributed by atoms with Crippen molar-refractivity contribution in [3.05, 3.63) is 41.3 Å². The standard InChI is InChI=1S/C24H26F4N6O3/c1-14-17-12-20(22(31-21(17)33(2)32-14)37-10-8-15-5-3-4-9-29-15)34(13-35)23(36)30-16-6-7-19(25)18(11-16)24(26,27)28/h6-7,11-13,15,29H,3-5,8-10H2,1-2H3,(H,30,36). The summed E-state index contributed by atoms with van der Waals surface area (Å²) in [5.74, 6) is -1.49. The zero-order chi connectivity index (χ0) is 26.7. The lowest BCUT2D eigenvalue weighted by atomic mass is 10.0. The molecule has 198 valence electrons. The van der Waals surface area contributed by atoms with Gasteiger partial charge in [-0.2, -0.15) is 23.3 Å². The van der Waals surface area contributed by atoms with Gasteiger partial charge in [0.05, 0.1) is 17.9 Å². The number of ether oxygens (including phenoxy) is 1. The number of aromatic nitrogens is 3. The highest BCUT2D eigenvalue weighted by Gasteiger charge is 2.34. The zero-order valence-electron chi connectivity index (χ0n) is 20.2. The number of hydrogen-bond acceptors (Lipinski definition) is 6. The van der Waals surface area contributed by atoms with E-state index >= 15 is 0 Å². The first-order valence-corrected chi connectivity index (χ1v) is 11.7. The number of pyridine rings is 1. The Kier molecular flexibility index (Phi) is 7.62. The molecule has 1 atom stereocenters. The lowest BCUT2D eigenvalue weighted by Crippen LogP contribution is -2.35. The van der Waals surface area contributed by atoms with Gasteiger partial charge in [0, 0.05) is 24.2 Å². The van der Waals surface area contributed by atoms with Crippen molar-refractivity contribution in [1.82, 2.24) is 20.1 Å². The van der Waals surface area contributed by atoms with E-state index in [1.54, 1.807) is 14.0 Å². The molecule has 0 radical (unpaired) electrons. The molecule has 2 aromatic heterocycles. The molecule has 3 amide bonds. The van der Waals surface area contributed by atoms with Crippen LogP contribution in [0.25, 0.3) is 11.0 Å². The SMILES string of the molecule is Cc1nn(C)c2nc(OCCC3CCCCN3)c(N(C=O)C(=O)Nc3ccc(F)c(C(F)(F)F)c3)cc12. The van der Waals surface area contributed by atoms with Gasteiger partial charge < -0.3 is 15.4 Å². The van der Waals surface area contributed by atoms with E-state index in [0.29, 0.717) is 40.2 Å². The van der Waals surface area contributed by atoms with Crippen LogP contribution in [-0.2, 0) is 18.0 Å². The Labute approximate surface area is 209 Å². The summed E-state index contributed by atoms with van der Waals surface area (Å²) < 4.78 is 60.4. The molecule has 3 heterocycles. The maximum atomic E-state index is 13.7. The fourth-order valence-electron chi connectivity index (χ4n) is 4.28. The molecule has 1 aliphatic rings. The number of aryl methyl sites for hydroxylation is 2. The van der Waals surface area contributed by atoms with Gasteiger partial charge in [0.15, 0.2) is 5.65 Å². The van der Waals surface area contributed by atoms with E-state index in [0.717, 1.165) is 31.9 Å². The van der Waals surface area contributed by atoms with Crippen LogP contribution >= 0.6 is 0 Å². The molecule has 0 saturated carbocycles. The molecule has 1 aromatic carbocycles. The lowest BCUT2D eigenvalue weighted by molar-refractivity contribution is -0.139. The summed E-state index contributed by atoms with van der Waals surface area (Å²) in [5, 5.41) is 10.5. The molecule has 0 spiro atoms. The summed E-state index contributed by atoms with van der Waals surface area (Å²) in [5.41, 5.74) is -0.846. The van der Waals surface area contributed by atoms with Crippen molar-refractivity contribution >= 4 is 34.8 Å². The van der Waals surface area contributed by atoms with E-state index < -0.39 is 23.6 Å². The number of fused-ring (bicyclic) bond motifs is 1. The number of piperidine rings is 1. The van der Waals surface area contributed by atoms with Crippen LogP contribution in [0, 0.1) is 12.7 Å². The third-order valence-electron chi connectivity index (χ3n) is 6.17. The highest BCUT2D eigenvalue weighted by Crippen LogP contribution is 2.34. The zero-order valence-corrected chi connectivity index (χ0v) is 20.2. The summed E-state index contributed by atoms with van der Waals surface area (Å²) in [6.45, 7) is 2.90. The number of hydrogen-bond donors (Lipinski definition) is 2. The van der Waals surface area contributed by atoms with Gasteiger partial charge in [0.1, 0.15) is 11.5 Å². The Morgan fingerprint density at radius 2 is 2.11 bits per heavy atom. The van der Waals surface area contributed by atoms with Crippen LogP contribution in [0.3, 0.4) is 0 Å². The van der Waals surface area contributed by atoms with Crippen molar-refractivity contribution in [2.75, 3.05) is 23.4 Å². The molecule has 1 fully saturated rings. The molecule has 0 bridgehead atoms. The van der Waals surface area contributed by atoms with Gasteiger partial charge >= 0.3 is 12.2 Å². The fourth-order valence-corrected chi connectivity index (χ4v) is 4.28. The smallest absolute Gasteiger partial charge is 0.419 e. The topological polar surface area (TPSA) is 101 Å². The van der Waals surface area contributed by atoms with E-state index in [9.17, 15) is 27.2 Å². The van der Waals surface area contributed by atoms with Crippen LogP contribution in [0.2, 0.25) is 0 Å². The maximum Gasteiger partial charge on any atom is 0.419 e. The van der Waals surface area contributed by atoms with E-state index in [2.05, 4.69) is 20.7 Å². The monoisotopic (exact) mass is 522 g/mol. The third kappa shape index (κ3) is 5.82. The maximum absolute atomic E-state index is 13.7. The summed E-state index contributed by atoms with van der Waals surface area (Å²) in [7, 11) is 1.69. The number of anilines is 2. The minimum Gasteiger partial charge on any atom is -0.476 e. The Morgan fingerprint density at radius 1 is 1.32 bits per heavy atom. The number of benzene rings is 1. The van der Waals surface area contributed by atoms with E-state index in [-0.39, 0.29) is 36.3 Å². The molecule has 9 nitrogen and oxygen atoms in total. The molecule has 37 heavy (non-hydrogen) atoms. The number of nitrogens with zero attached hydrogens (tertiary/aromatic N) is 4. The molecule has 13 heteroatoms. The second-order valence-electron chi connectivity index (χ2n) is 8.77. The molecule has 3 aromatic rings. The van der Waals surface area contributed by atoms with Crippen LogP contribution in [-0.4, -0.2) is 46.4 Å². The minimum absolute atomic E-state index is 0.00846. The molecular weight excluding hydrogens is 496 g/mol. The van der Waals surface area contributed by atoms with Gasteiger partial charge in [-0.1, -0.05) is 6.42 Å². The highest BCUT2D eigenvalue weighted by atomic mass is 19.4. The first-order chi connectivity index (χ1) is 17.6. The number of imide groups is 1. The fraction of sp³-hybridized carbons (Fsp3) is 0.417. The van der Waals surface area contributed by atoms with Gasteiger partial charge in [0.25, 0.3) is 0 Å². The first-order valence-electron chi connectivity index (χ1n) is 11.7. The van der Waals surface area contributed by atoms with Crippen LogP contribution in [0.4, 0.5) is 33.7 Å². The van der Waals surface area contributed by atoms with Crippen LogP contribution < -0.4 is 20.3 Å². The average Bonchev–Trinajstić information content (AvgIpc) is 3.13. The molecule has 1 saturated heterocycles. The lowest BCUT2D eigenvalue weighted by Gasteiger charge is -2.24. The summed E-state index contributed by atoms with van der Waals surface area (Å²) in [6, 6.07) is 2.72. The molecule has 4 rings (SSSR count). The second kappa shape index (κ2) is 10.7. The molecule has 1 unspecified atom stereocenters. The number of rotatable bonds is 7. The molecule has 1 aliphatic heterocycles. The van der Waals surface area contributed by atoms with Crippen molar-refractivity contribution in [3.63, 3.8) is 0 Å². The number of carbonyl (C=O) groups is 2. The number of halogens is 4. The van der Waals surface area contributed by atoms with Gasteiger partial charge in [-0.05, 0) is 57.0 Å². The van der Waals surface area contributed by atoms with E-state index in [1.165, 1.54) is 10.7 Å². The number of amides is 3. The number of alkyl halides is 3.